The average molecular weight is 214 g/mol. The van der Waals surface area contributed by atoms with Gasteiger partial charge in [0.05, 0.1) is 6.54 Å². The van der Waals surface area contributed by atoms with E-state index in [2.05, 4.69) is 22.1 Å². The van der Waals surface area contributed by atoms with Gasteiger partial charge in [0.25, 0.3) is 11.5 Å². The fourth-order valence-corrected chi connectivity index (χ4v) is 0.805. The Morgan fingerprint density at radius 2 is 2.36 bits per heavy atom. The molecular weight excluding hydrogens is 206 g/mol. The van der Waals surface area contributed by atoms with E-state index >= 15 is 0 Å². The molecule has 0 aromatic carbocycles. The molecule has 74 valence electrons. The summed E-state index contributed by atoms with van der Waals surface area (Å²) in [4.78, 5) is 21.9. The lowest BCUT2D eigenvalue weighted by molar-refractivity contribution is 0.0951. The van der Waals surface area contributed by atoms with Crippen LogP contribution in [0.2, 0.25) is 0 Å². The van der Waals surface area contributed by atoms with Crippen LogP contribution in [0.15, 0.2) is 28.5 Å². The molecule has 1 amide bonds. The Labute approximate surface area is 84.8 Å². The molecule has 2 N–H and O–H groups in total. The van der Waals surface area contributed by atoms with Gasteiger partial charge in [-0.2, -0.15) is 5.10 Å². The van der Waals surface area contributed by atoms with Crippen LogP contribution in [-0.4, -0.2) is 22.6 Å². The van der Waals surface area contributed by atoms with Crippen molar-refractivity contribution >= 4 is 17.5 Å². The van der Waals surface area contributed by atoms with Crippen LogP contribution in [0, 0.1) is 0 Å². The molecule has 0 saturated carbocycles. The normalized spacial score (nSPS) is 9.50. The van der Waals surface area contributed by atoms with Crippen molar-refractivity contribution in [3.63, 3.8) is 0 Å². The largest absolute Gasteiger partial charge is 0.346 e. The van der Waals surface area contributed by atoms with Gasteiger partial charge in [-0.05, 0) is 6.07 Å². The summed E-state index contributed by atoms with van der Waals surface area (Å²) in [5, 5.41) is 8.47. The van der Waals surface area contributed by atoms with E-state index in [1.165, 1.54) is 12.1 Å². The van der Waals surface area contributed by atoms with Gasteiger partial charge < -0.3 is 5.32 Å². The molecule has 0 unspecified atom stereocenters. The Balaban J connectivity index is 2.65. The second-order valence-electron chi connectivity index (χ2n) is 2.51. The van der Waals surface area contributed by atoms with Crippen molar-refractivity contribution in [1.29, 1.82) is 0 Å². The molecule has 0 spiro atoms. The van der Waals surface area contributed by atoms with Gasteiger partial charge in [-0.25, -0.2) is 5.10 Å². The molecule has 6 heteroatoms. The third-order valence-electron chi connectivity index (χ3n) is 1.35. The zero-order chi connectivity index (χ0) is 10.6. The number of aromatic amines is 1. The maximum Gasteiger partial charge on any atom is 0.272 e. The molecule has 1 aromatic heterocycles. The van der Waals surface area contributed by atoms with Crippen molar-refractivity contribution in [2.24, 2.45) is 0 Å². The smallest absolute Gasteiger partial charge is 0.272 e. The van der Waals surface area contributed by atoms with E-state index < -0.39 is 5.91 Å². The van der Waals surface area contributed by atoms with Gasteiger partial charge in [0.15, 0.2) is 0 Å². The maximum absolute atomic E-state index is 11.3. The SMILES string of the molecule is C=C(Cl)CNC(=O)c1ccc(=O)[nH]n1. The predicted octanol–water partition coefficient (Wildman–Crippen LogP) is 0.252. The number of nitrogens with one attached hydrogen (secondary N) is 2. The number of aromatic nitrogens is 2. The fraction of sp³-hybridized carbons (Fsp3) is 0.125. The van der Waals surface area contributed by atoms with Gasteiger partial charge in [-0.1, -0.05) is 18.2 Å². The minimum absolute atomic E-state index is 0.127. The number of halogens is 1. The summed E-state index contributed by atoms with van der Waals surface area (Å²) in [6.45, 7) is 3.58. The standard InChI is InChI=1S/C8H8ClN3O2/c1-5(9)4-10-8(14)6-2-3-7(13)12-11-6/h2-3H,1,4H2,(H,10,14)(H,12,13). The van der Waals surface area contributed by atoms with Crippen LogP contribution in [0.4, 0.5) is 0 Å². The Bertz CT molecular complexity index is 393. The van der Waals surface area contributed by atoms with Crippen LogP contribution in [0.1, 0.15) is 10.5 Å². The average Bonchev–Trinajstić information content (AvgIpc) is 2.15. The zero-order valence-electron chi connectivity index (χ0n) is 7.21. The van der Waals surface area contributed by atoms with E-state index in [1.807, 2.05) is 0 Å². The lowest BCUT2D eigenvalue weighted by Crippen LogP contribution is -2.26. The highest BCUT2D eigenvalue weighted by Crippen LogP contribution is 1.94. The second kappa shape index (κ2) is 4.57. The summed E-state index contributed by atoms with van der Waals surface area (Å²) < 4.78 is 0. The summed E-state index contributed by atoms with van der Waals surface area (Å²) in [6, 6.07) is 2.54. The summed E-state index contributed by atoms with van der Waals surface area (Å²) in [5.41, 5.74) is -0.231. The summed E-state index contributed by atoms with van der Waals surface area (Å²) in [7, 11) is 0. The second-order valence-corrected chi connectivity index (χ2v) is 3.04. The Morgan fingerprint density at radius 3 is 2.86 bits per heavy atom. The highest BCUT2D eigenvalue weighted by molar-refractivity contribution is 6.29. The monoisotopic (exact) mass is 213 g/mol. The van der Waals surface area contributed by atoms with Crippen molar-refractivity contribution in [3.05, 3.63) is 39.8 Å². The van der Waals surface area contributed by atoms with Gasteiger partial charge in [0.2, 0.25) is 0 Å². The van der Waals surface area contributed by atoms with Crippen LogP contribution in [0.3, 0.4) is 0 Å². The molecule has 0 bridgehead atoms. The lowest BCUT2D eigenvalue weighted by atomic mass is 10.3. The maximum atomic E-state index is 11.3. The molecule has 1 heterocycles. The van der Waals surface area contributed by atoms with Gasteiger partial charge in [-0.15, -0.1) is 0 Å². The van der Waals surface area contributed by atoms with Crippen molar-refractivity contribution in [3.8, 4) is 0 Å². The van der Waals surface area contributed by atoms with E-state index in [0.717, 1.165) is 0 Å². The van der Waals surface area contributed by atoms with Gasteiger partial charge >= 0.3 is 0 Å². The highest BCUT2D eigenvalue weighted by Gasteiger charge is 2.05. The molecule has 0 fully saturated rings. The highest BCUT2D eigenvalue weighted by atomic mass is 35.5. The first-order valence-electron chi connectivity index (χ1n) is 3.77. The Morgan fingerprint density at radius 1 is 1.64 bits per heavy atom. The molecule has 0 radical (unpaired) electrons. The van der Waals surface area contributed by atoms with E-state index in [9.17, 15) is 9.59 Å². The molecular formula is C8H8ClN3O2. The molecule has 1 rings (SSSR count). The minimum Gasteiger partial charge on any atom is -0.346 e. The zero-order valence-corrected chi connectivity index (χ0v) is 7.97. The molecule has 5 nitrogen and oxygen atoms in total. The van der Waals surface area contributed by atoms with E-state index in [4.69, 9.17) is 11.6 Å². The number of H-pyrrole nitrogens is 1. The fourth-order valence-electron chi connectivity index (χ4n) is 0.738. The van der Waals surface area contributed by atoms with Gasteiger partial charge in [-0.3, -0.25) is 9.59 Å². The number of carbonyl (C=O) groups excluding carboxylic acids is 1. The van der Waals surface area contributed by atoms with Crippen LogP contribution >= 0.6 is 11.6 Å². The molecule has 0 saturated heterocycles. The van der Waals surface area contributed by atoms with Gasteiger partial charge in [0, 0.05) is 11.1 Å². The molecule has 0 atom stereocenters. The van der Waals surface area contributed by atoms with Gasteiger partial charge in [0.1, 0.15) is 5.69 Å². The summed E-state index contributed by atoms with van der Waals surface area (Å²) >= 11 is 5.45. The quantitative estimate of drug-likeness (QED) is 0.756. The van der Waals surface area contributed by atoms with E-state index in [0.29, 0.717) is 5.03 Å². The molecule has 14 heavy (non-hydrogen) atoms. The Kier molecular flexibility index (Phi) is 3.41. The van der Waals surface area contributed by atoms with Crippen LogP contribution in [0.25, 0.3) is 0 Å². The number of hydrogen-bond acceptors (Lipinski definition) is 3. The summed E-state index contributed by atoms with van der Waals surface area (Å²) in [5.74, 6) is -0.414. The molecule has 0 aliphatic rings. The number of nitrogens with zero attached hydrogens (tertiary/aromatic N) is 1. The topological polar surface area (TPSA) is 74.8 Å². The van der Waals surface area contributed by atoms with Crippen LogP contribution in [-0.2, 0) is 0 Å². The third-order valence-corrected chi connectivity index (χ3v) is 1.49. The number of carbonyl (C=O) groups is 1. The van der Waals surface area contributed by atoms with Crippen LogP contribution in [0.5, 0.6) is 0 Å². The third kappa shape index (κ3) is 3.02. The van der Waals surface area contributed by atoms with Crippen molar-refractivity contribution in [2.75, 3.05) is 6.54 Å². The first-order chi connectivity index (χ1) is 6.59. The van der Waals surface area contributed by atoms with E-state index in [-0.39, 0.29) is 17.8 Å². The minimum atomic E-state index is -0.414. The number of hydrogen-bond donors (Lipinski definition) is 2. The number of amides is 1. The van der Waals surface area contributed by atoms with Crippen molar-refractivity contribution in [1.82, 2.24) is 15.5 Å². The summed E-state index contributed by atoms with van der Waals surface area (Å²) in [6.07, 6.45) is 0. The van der Waals surface area contributed by atoms with Crippen molar-refractivity contribution in [2.45, 2.75) is 0 Å². The van der Waals surface area contributed by atoms with E-state index in [1.54, 1.807) is 0 Å². The molecule has 0 aliphatic carbocycles. The first kappa shape index (κ1) is 10.5. The molecule has 0 aliphatic heterocycles. The molecule has 1 aromatic rings. The lowest BCUT2D eigenvalue weighted by Gasteiger charge is -2.01. The number of rotatable bonds is 3. The Hall–Kier alpha value is -1.62. The first-order valence-corrected chi connectivity index (χ1v) is 4.14. The van der Waals surface area contributed by atoms with Crippen molar-refractivity contribution < 1.29 is 4.79 Å². The van der Waals surface area contributed by atoms with Crippen LogP contribution < -0.4 is 10.9 Å². The predicted molar refractivity (Wildman–Crippen MR) is 52.2 cm³/mol.